The first-order chi connectivity index (χ1) is 11.6. The quantitative estimate of drug-likeness (QED) is 0.773. The highest BCUT2D eigenvalue weighted by Crippen LogP contribution is 2.22. The molecule has 0 saturated carbocycles. The summed E-state index contributed by atoms with van der Waals surface area (Å²) in [7, 11) is 0. The van der Waals surface area contributed by atoms with Crippen molar-refractivity contribution in [1.29, 1.82) is 0 Å². The van der Waals surface area contributed by atoms with Gasteiger partial charge in [-0.25, -0.2) is 4.98 Å². The van der Waals surface area contributed by atoms with E-state index in [-0.39, 0.29) is 5.91 Å². The molecule has 0 atom stereocenters. The molecule has 122 valence electrons. The van der Waals surface area contributed by atoms with Crippen molar-refractivity contribution in [2.75, 3.05) is 5.32 Å². The zero-order valence-electron chi connectivity index (χ0n) is 14.2. The highest BCUT2D eigenvalue weighted by molar-refractivity contribution is 6.03. The Morgan fingerprint density at radius 3 is 2.50 bits per heavy atom. The topological polar surface area (TPSA) is 46.9 Å². The Kier molecular flexibility index (Phi) is 4.47. The van der Waals surface area contributed by atoms with Crippen LogP contribution in [-0.4, -0.2) is 15.5 Å². The van der Waals surface area contributed by atoms with E-state index in [2.05, 4.69) is 29.4 Å². The maximum atomic E-state index is 12.5. The third-order valence-corrected chi connectivity index (χ3v) is 3.97. The van der Waals surface area contributed by atoms with E-state index >= 15 is 0 Å². The normalized spacial score (nSPS) is 10.6. The molecule has 0 saturated heterocycles. The lowest BCUT2D eigenvalue weighted by Gasteiger charge is -2.06. The molecule has 0 radical (unpaired) electrons. The average molecular weight is 319 g/mol. The summed E-state index contributed by atoms with van der Waals surface area (Å²) in [5, 5.41) is 2.92. The molecule has 1 aromatic heterocycles. The predicted octanol–water partition coefficient (Wildman–Crippen LogP) is 4.44. The van der Waals surface area contributed by atoms with Gasteiger partial charge in [0.15, 0.2) is 0 Å². The molecule has 1 heterocycles. The van der Waals surface area contributed by atoms with Gasteiger partial charge in [-0.05, 0) is 32.9 Å². The number of rotatable bonds is 4. The summed E-state index contributed by atoms with van der Waals surface area (Å²) in [6.45, 7) is 6.80. The fourth-order valence-corrected chi connectivity index (χ4v) is 2.58. The van der Waals surface area contributed by atoms with Gasteiger partial charge in [-0.15, -0.1) is 0 Å². The molecule has 3 aromatic rings. The van der Waals surface area contributed by atoms with Gasteiger partial charge < -0.3 is 4.57 Å². The number of aromatic nitrogens is 2. The minimum Gasteiger partial charge on any atom is -0.317 e. The highest BCUT2D eigenvalue weighted by atomic mass is 16.1. The molecule has 4 heteroatoms. The molecule has 24 heavy (non-hydrogen) atoms. The fourth-order valence-electron chi connectivity index (χ4n) is 2.58. The Balaban J connectivity index is 1.88. The van der Waals surface area contributed by atoms with Gasteiger partial charge in [0.1, 0.15) is 0 Å². The minimum absolute atomic E-state index is 0.144. The molecule has 0 unspecified atom stereocenters. The van der Waals surface area contributed by atoms with Crippen molar-refractivity contribution in [3.63, 3.8) is 0 Å². The Labute approximate surface area is 142 Å². The molecule has 0 spiro atoms. The first-order valence-electron chi connectivity index (χ1n) is 8.09. The molecular formula is C20H21N3O. The van der Waals surface area contributed by atoms with Gasteiger partial charge >= 0.3 is 0 Å². The lowest BCUT2D eigenvalue weighted by atomic mass is 10.1. The third kappa shape index (κ3) is 3.38. The monoisotopic (exact) mass is 319 g/mol. The Bertz CT molecular complexity index is 863. The van der Waals surface area contributed by atoms with Gasteiger partial charge in [0.2, 0.25) is 5.95 Å². The van der Waals surface area contributed by atoms with Gasteiger partial charge in [-0.1, -0.05) is 47.5 Å². The highest BCUT2D eigenvalue weighted by Gasteiger charge is 2.13. The summed E-state index contributed by atoms with van der Waals surface area (Å²) in [5.41, 5.74) is 4.80. The van der Waals surface area contributed by atoms with Crippen LogP contribution in [0.25, 0.3) is 11.3 Å². The van der Waals surface area contributed by atoms with Crippen LogP contribution >= 0.6 is 0 Å². The maximum Gasteiger partial charge on any atom is 0.257 e. The van der Waals surface area contributed by atoms with E-state index in [1.165, 1.54) is 5.56 Å². The van der Waals surface area contributed by atoms with E-state index < -0.39 is 0 Å². The molecule has 3 rings (SSSR count). The van der Waals surface area contributed by atoms with Crippen LogP contribution in [0.4, 0.5) is 5.95 Å². The summed E-state index contributed by atoms with van der Waals surface area (Å²) in [6, 6.07) is 15.7. The van der Waals surface area contributed by atoms with E-state index in [1.807, 2.05) is 61.0 Å². The van der Waals surface area contributed by atoms with Crippen molar-refractivity contribution >= 4 is 11.9 Å². The van der Waals surface area contributed by atoms with Crippen molar-refractivity contribution < 1.29 is 4.79 Å². The number of anilines is 1. The number of carbonyl (C=O) groups excluding carboxylic acids is 1. The standard InChI is InChI=1S/C20H21N3O/c1-4-23-13-18(16-10-8-14(2)9-11-16)21-20(23)22-19(24)17-7-5-6-15(3)12-17/h5-13H,4H2,1-3H3,(H,21,22,24). The van der Waals surface area contributed by atoms with Gasteiger partial charge in [-0.3, -0.25) is 10.1 Å². The van der Waals surface area contributed by atoms with Crippen LogP contribution in [0.5, 0.6) is 0 Å². The average Bonchev–Trinajstić information content (AvgIpc) is 2.98. The number of amides is 1. The molecular weight excluding hydrogens is 298 g/mol. The van der Waals surface area contributed by atoms with Crippen LogP contribution in [-0.2, 0) is 6.54 Å². The smallest absolute Gasteiger partial charge is 0.257 e. The van der Waals surface area contributed by atoms with Gasteiger partial charge in [0, 0.05) is 23.9 Å². The second-order valence-electron chi connectivity index (χ2n) is 5.93. The Hall–Kier alpha value is -2.88. The van der Waals surface area contributed by atoms with Crippen molar-refractivity contribution in [2.24, 2.45) is 0 Å². The van der Waals surface area contributed by atoms with Crippen molar-refractivity contribution in [3.8, 4) is 11.3 Å². The number of benzene rings is 2. The van der Waals surface area contributed by atoms with Crippen molar-refractivity contribution in [2.45, 2.75) is 27.3 Å². The third-order valence-electron chi connectivity index (χ3n) is 3.97. The van der Waals surface area contributed by atoms with E-state index in [9.17, 15) is 4.79 Å². The SMILES string of the molecule is CCn1cc(-c2ccc(C)cc2)nc1NC(=O)c1cccc(C)c1. The second-order valence-corrected chi connectivity index (χ2v) is 5.93. The molecule has 0 fully saturated rings. The molecule has 2 aromatic carbocycles. The van der Waals surface area contributed by atoms with Gasteiger partial charge in [0.05, 0.1) is 5.69 Å². The van der Waals surface area contributed by atoms with Crippen LogP contribution in [0.3, 0.4) is 0 Å². The maximum absolute atomic E-state index is 12.5. The lowest BCUT2D eigenvalue weighted by molar-refractivity contribution is 0.102. The van der Waals surface area contributed by atoms with Crippen LogP contribution in [0, 0.1) is 13.8 Å². The lowest BCUT2D eigenvalue weighted by Crippen LogP contribution is -2.15. The molecule has 0 aliphatic rings. The first kappa shape index (κ1) is 16.0. The van der Waals surface area contributed by atoms with Crippen molar-refractivity contribution in [1.82, 2.24) is 9.55 Å². The van der Waals surface area contributed by atoms with Crippen LogP contribution in [0.1, 0.15) is 28.4 Å². The molecule has 1 N–H and O–H groups in total. The Morgan fingerprint density at radius 2 is 1.83 bits per heavy atom. The summed E-state index contributed by atoms with van der Waals surface area (Å²) < 4.78 is 1.95. The summed E-state index contributed by atoms with van der Waals surface area (Å²) in [6.07, 6.45) is 1.97. The van der Waals surface area contributed by atoms with Gasteiger partial charge in [0.25, 0.3) is 5.91 Å². The molecule has 0 bridgehead atoms. The number of nitrogens with one attached hydrogen (secondary N) is 1. The number of nitrogens with zero attached hydrogens (tertiary/aromatic N) is 2. The number of aryl methyl sites for hydroxylation is 3. The fraction of sp³-hybridized carbons (Fsp3) is 0.200. The minimum atomic E-state index is -0.144. The first-order valence-corrected chi connectivity index (χ1v) is 8.09. The number of hydrogen-bond donors (Lipinski definition) is 1. The predicted molar refractivity (Wildman–Crippen MR) is 97.2 cm³/mol. The van der Waals surface area contributed by atoms with Gasteiger partial charge in [-0.2, -0.15) is 0 Å². The molecule has 0 aliphatic heterocycles. The summed E-state index contributed by atoms with van der Waals surface area (Å²) in [5.74, 6) is 0.425. The Morgan fingerprint density at radius 1 is 1.08 bits per heavy atom. The van der Waals surface area contributed by atoms with Crippen LogP contribution in [0.2, 0.25) is 0 Å². The zero-order valence-corrected chi connectivity index (χ0v) is 14.2. The van der Waals surface area contributed by atoms with E-state index in [4.69, 9.17) is 0 Å². The van der Waals surface area contributed by atoms with Crippen LogP contribution < -0.4 is 5.32 Å². The largest absolute Gasteiger partial charge is 0.317 e. The second kappa shape index (κ2) is 6.71. The van der Waals surface area contributed by atoms with Crippen LogP contribution in [0.15, 0.2) is 54.7 Å². The summed E-state index contributed by atoms with van der Waals surface area (Å²) in [4.78, 5) is 17.1. The number of imidazole rings is 1. The zero-order chi connectivity index (χ0) is 17.1. The van der Waals surface area contributed by atoms with E-state index in [1.54, 1.807) is 0 Å². The summed E-state index contributed by atoms with van der Waals surface area (Å²) >= 11 is 0. The molecule has 4 nitrogen and oxygen atoms in total. The van der Waals surface area contributed by atoms with Crippen molar-refractivity contribution in [3.05, 3.63) is 71.4 Å². The van der Waals surface area contributed by atoms with E-state index in [0.29, 0.717) is 11.5 Å². The molecule has 0 aliphatic carbocycles. The number of carbonyl (C=O) groups is 1. The molecule has 1 amide bonds. The number of hydrogen-bond acceptors (Lipinski definition) is 2. The van der Waals surface area contributed by atoms with E-state index in [0.717, 1.165) is 23.4 Å².